The maximum Gasteiger partial charge on any atom is 0.327 e. The van der Waals surface area contributed by atoms with Crippen molar-refractivity contribution in [2.45, 2.75) is 30.6 Å². The largest absolute Gasteiger partial charge is 0.480 e. The fourth-order valence-corrected chi connectivity index (χ4v) is 4.41. The van der Waals surface area contributed by atoms with E-state index < -0.39 is 27.3 Å². The number of nitrogens with zero attached hydrogens (tertiary/aromatic N) is 1. The number of benzene rings is 1. The number of carbonyl (C=O) groups is 1. The van der Waals surface area contributed by atoms with Crippen LogP contribution in [0.25, 0.3) is 0 Å². The lowest BCUT2D eigenvalue weighted by Gasteiger charge is -2.24. The summed E-state index contributed by atoms with van der Waals surface area (Å²) >= 11 is 0. The molecule has 0 radical (unpaired) electrons. The predicted octanol–water partition coefficient (Wildman–Crippen LogP) is 0.995. The molecular weight excluding hydrogens is 254 g/mol. The number of hydrogen-bond donors (Lipinski definition) is 1. The van der Waals surface area contributed by atoms with Gasteiger partial charge in [0.05, 0.1) is 10.9 Å². The summed E-state index contributed by atoms with van der Waals surface area (Å²) in [5.74, 6) is -1.09. The molecule has 1 fully saturated rings. The van der Waals surface area contributed by atoms with Crippen LogP contribution in [0, 0.1) is 0 Å². The number of aliphatic carboxylic acids is 1. The fourth-order valence-electron chi connectivity index (χ4n) is 2.39. The number of rotatable bonds is 3. The van der Waals surface area contributed by atoms with Crippen molar-refractivity contribution in [1.29, 1.82) is 0 Å². The molecule has 0 saturated heterocycles. The molecule has 1 aliphatic heterocycles. The summed E-state index contributed by atoms with van der Waals surface area (Å²) in [6, 6.07) is 6.00. The van der Waals surface area contributed by atoms with Crippen molar-refractivity contribution in [1.82, 2.24) is 0 Å². The second-order valence-electron chi connectivity index (χ2n) is 4.73. The average molecular weight is 267 g/mol. The van der Waals surface area contributed by atoms with E-state index >= 15 is 0 Å². The molecule has 1 N–H and O–H groups in total. The molecule has 18 heavy (non-hydrogen) atoms. The number of fused-ring (bicyclic) bond motifs is 1. The van der Waals surface area contributed by atoms with Crippen LogP contribution in [-0.4, -0.2) is 30.8 Å². The molecule has 1 heterocycles. The third-order valence-electron chi connectivity index (χ3n) is 3.43. The molecule has 1 aliphatic carbocycles. The Morgan fingerprint density at radius 3 is 2.56 bits per heavy atom. The molecule has 2 aliphatic rings. The van der Waals surface area contributed by atoms with Crippen LogP contribution in [0.1, 0.15) is 18.4 Å². The number of sulfonamides is 1. The first-order valence-corrected chi connectivity index (χ1v) is 7.36. The minimum Gasteiger partial charge on any atom is -0.480 e. The van der Waals surface area contributed by atoms with Gasteiger partial charge in [0.2, 0.25) is 10.0 Å². The highest BCUT2D eigenvalue weighted by atomic mass is 32.2. The van der Waals surface area contributed by atoms with Crippen molar-refractivity contribution >= 4 is 21.7 Å². The van der Waals surface area contributed by atoms with E-state index in [1.165, 1.54) is 0 Å². The van der Waals surface area contributed by atoms with E-state index in [1.54, 1.807) is 24.3 Å². The highest BCUT2D eigenvalue weighted by Crippen LogP contribution is 2.40. The van der Waals surface area contributed by atoms with E-state index in [-0.39, 0.29) is 6.42 Å². The van der Waals surface area contributed by atoms with Crippen LogP contribution >= 0.6 is 0 Å². The summed E-state index contributed by atoms with van der Waals surface area (Å²) in [4.78, 5) is 11.3. The van der Waals surface area contributed by atoms with Gasteiger partial charge in [0.1, 0.15) is 6.04 Å². The highest BCUT2D eigenvalue weighted by Gasteiger charge is 2.48. The molecule has 1 unspecified atom stereocenters. The third-order valence-corrected chi connectivity index (χ3v) is 5.74. The Kier molecular flexibility index (Phi) is 2.38. The molecule has 0 amide bonds. The van der Waals surface area contributed by atoms with Crippen LogP contribution < -0.4 is 4.31 Å². The number of carboxylic acid groups (broad SMARTS) is 1. The maximum atomic E-state index is 12.3. The molecule has 3 rings (SSSR count). The topological polar surface area (TPSA) is 74.7 Å². The quantitative estimate of drug-likeness (QED) is 0.886. The number of carboxylic acids is 1. The van der Waals surface area contributed by atoms with Gasteiger partial charge in [-0.2, -0.15) is 0 Å². The summed E-state index contributed by atoms with van der Waals surface area (Å²) in [5.41, 5.74) is 1.31. The molecule has 6 heteroatoms. The van der Waals surface area contributed by atoms with Crippen molar-refractivity contribution in [3.63, 3.8) is 0 Å². The standard InChI is InChI=1S/C12H13NO4S/c14-12(15)11-7-8-3-1-2-4-10(8)13(11)18(16,17)9-5-6-9/h1-4,9,11H,5-7H2,(H,14,15). The Morgan fingerprint density at radius 1 is 1.28 bits per heavy atom. The lowest BCUT2D eigenvalue weighted by Crippen LogP contribution is -2.44. The van der Waals surface area contributed by atoms with Crippen molar-refractivity contribution in [3.8, 4) is 0 Å². The Labute approximate surface area is 105 Å². The van der Waals surface area contributed by atoms with Gasteiger partial charge in [0, 0.05) is 6.42 Å². The van der Waals surface area contributed by atoms with E-state index in [4.69, 9.17) is 0 Å². The van der Waals surface area contributed by atoms with Crippen LogP contribution in [0.4, 0.5) is 5.69 Å². The van der Waals surface area contributed by atoms with Gasteiger partial charge in [0.25, 0.3) is 0 Å². The van der Waals surface area contributed by atoms with Gasteiger partial charge < -0.3 is 5.11 Å². The predicted molar refractivity (Wildman–Crippen MR) is 66.0 cm³/mol. The molecule has 1 atom stereocenters. The first-order valence-electron chi connectivity index (χ1n) is 5.86. The lowest BCUT2D eigenvalue weighted by molar-refractivity contribution is -0.138. The van der Waals surface area contributed by atoms with Crippen molar-refractivity contribution in [2.75, 3.05) is 4.31 Å². The molecule has 0 bridgehead atoms. The van der Waals surface area contributed by atoms with Gasteiger partial charge in [-0.1, -0.05) is 18.2 Å². The lowest BCUT2D eigenvalue weighted by atomic mass is 10.1. The molecule has 0 spiro atoms. The molecule has 1 aromatic rings. The van der Waals surface area contributed by atoms with Gasteiger partial charge in [-0.25, -0.2) is 13.2 Å². The first-order chi connectivity index (χ1) is 8.51. The van der Waals surface area contributed by atoms with Crippen LogP contribution in [0.5, 0.6) is 0 Å². The van der Waals surface area contributed by atoms with E-state index in [9.17, 15) is 18.3 Å². The Morgan fingerprint density at radius 2 is 1.94 bits per heavy atom. The monoisotopic (exact) mass is 267 g/mol. The molecule has 5 nitrogen and oxygen atoms in total. The zero-order chi connectivity index (χ0) is 12.9. The van der Waals surface area contributed by atoms with Crippen molar-refractivity contribution < 1.29 is 18.3 Å². The van der Waals surface area contributed by atoms with Crippen molar-refractivity contribution in [3.05, 3.63) is 29.8 Å². The van der Waals surface area contributed by atoms with E-state index in [2.05, 4.69) is 0 Å². The Balaban J connectivity index is 2.11. The molecular formula is C12H13NO4S. The maximum absolute atomic E-state index is 12.3. The van der Waals surface area contributed by atoms with Crippen molar-refractivity contribution in [2.24, 2.45) is 0 Å². The number of para-hydroxylation sites is 1. The normalized spacial score (nSPS) is 22.9. The summed E-state index contributed by atoms with van der Waals surface area (Å²) in [5, 5.41) is 8.82. The molecule has 1 saturated carbocycles. The summed E-state index contributed by atoms with van der Waals surface area (Å²) in [7, 11) is -3.52. The molecule has 0 aromatic heterocycles. The van der Waals surface area contributed by atoms with E-state index in [0.29, 0.717) is 18.5 Å². The minimum absolute atomic E-state index is 0.247. The fraction of sp³-hybridized carbons (Fsp3) is 0.417. The van der Waals surface area contributed by atoms with Gasteiger partial charge in [0.15, 0.2) is 0 Å². The van der Waals surface area contributed by atoms with Crippen LogP contribution in [0.2, 0.25) is 0 Å². The second kappa shape index (κ2) is 3.71. The summed E-state index contributed by atoms with van der Waals surface area (Å²) < 4.78 is 25.8. The van der Waals surface area contributed by atoms with Crippen LogP contribution in [-0.2, 0) is 21.2 Å². The summed E-state index contributed by atoms with van der Waals surface area (Å²) in [6.07, 6.45) is 1.51. The smallest absolute Gasteiger partial charge is 0.327 e. The first kappa shape index (κ1) is 11.5. The van der Waals surface area contributed by atoms with Crippen LogP contribution in [0.15, 0.2) is 24.3 Å². The number of hydrogen-bond acceptors (Lipinski definition) is 3. The molecule has 96 valence electrons. The highest BCUT2D eigenvalue weighted by molar-refractivity contribution is 7.93. The van der Waals surface area contributed by atoms with Crippen LogP contribution in [0.3, 0.4) is 0 Å². The van der Waals surface area contributed by atoms with E-state index in [0.717, 1.165) is 9.87 Å². The van der Waals surface area contributed by atoms with Gasteiger partial charge >= 0.3 is 5.97 Å². The Bertz CT molecular complexity index is 606. The third kappa shape index (κ3) is 1.59. The van der Waals surface area contributed by atoms with E-state index in [1.807, 2.05) is 0 Å². The zero-order valence-corrected chi connectivity index (χ0v) is 10.4. The Hall–Kier alpha value is -1.56. The average Bonchev–Trinajstić information content (AvgIpc) is 3.09. The van der Waals surface area contributed by atoms with Gasteiger partial charge in [-0.05, 0) is 24.5 Å². The van der Waals surface area contributed by atoms with Gasteiger partial charge in [-0.3, -0.25) is 4.31 Å². The SMILES string of the molecule is O=C(O)C1Cc2ccccc2N1S(=O)(=O)C1CC1. The number of anilines is 1. The summed E-state index contributed by atoms with van der Waals surface area (Å²) in [6.45, 7) is 0. The zero-order valence-electron chi connectivity index (χ0n) is 9.61. The molecule has 1 aromatic carbocycles. The van der Waals surface area contributed by atoms with Gasteiger partial charge in [-0.15, -0.1) is 0 Å². The second-order valence-corrected chi connectivity index (χ2v) is 6.82. The minimum atomic E-state index is -3.52.